The number of ether oxygens (including phenoxy) is 5. The summed E-state index contributed by atoms with van der Waals surface area (Å²) in [6.45, 7) is 9.88. The van der Waals surface area contributed by atoms with E-state index in [0.717, 1.165) is 52.9 Å². The van der Waals surface area contributed by atoms with Gasteiger partial charge in [-0.25, -0.2) is 0 Å². The molecule has 0 aromatic heterocycles. The second-order valence-corrected chi connectivity index (χ2v) is 3.37. The van der Waals surface area contributed by atoms with E-state index in [9.17, 15) is 4.79 Å². The van der Waals surface area contributed by atoms with Gasteiger partial charge < -0.3 is 23.7 Å². The van der Waals surface area contributed by atoms with Crippen LogP contribution in [0.4, 0.5) is 0 Å². The molecule has 0 aliphatic carbocycles. The van der Waals surface area contributed by atoms with Crippen molar-refractivity contribution in [3.8, 4) is 0 Å². The molecule has 6 heteroatoms. The van der Waals surface area contributed by atoms with Gasteiger partial charge in [0.15, 0.2) is 0 Å². The summed E-state index contributed by atoms with van der Waals surface area (Å²) >= 11 is 0. The molecule has 0 amide bonds. The maximum Gasteiger partial charge on any atom is 0.302 e. The van der Waals surface area contributed by atoms with Gasteiger partial charge in [0.05, 0.1) is 59.5 Å². The second kappa shape index (κ2) is 14.4. The molecule has 2 saturated heterocycles. The number of carbonyl (C=O) groups is 1. The standard InChI is InChI=1S/3C4H8O2/c2*1-2-6-4-3-5-1;1-3-6-4(2)5/h2*1-4H2;3H2,1-2H3. The van der Waals surface area contributed by atoms with Crippen LogP contribution in [0.2, 0.25) is 0 Å². The predicted octanol–water partition coefficient (Wildman–Crippen LogP) is 0.636. The first-order valence-electron chi connectivity index (χ1n) is 6.21. The zero-order valence-corrected chi connectivity index (χ0v) is 11.3. The first kappa shape index (κ1) is 17.3. The van der Waals surface area contributed by atoms with Crippen LogP contribution in [0.25, 0.3) is 0 Å². The molecule has 0 aromatic rings. The van der Waals surface area contributed by atoms with E-state index in [1.165, 1.54) is 6.92 Å². The van der Waals surface area contributed by atoms with Gasteiger partial charge in [0, 0.05) is 6.92 Å². The van der Waals surface area contributed by atoms with E-state index in [-0.39, 0.29) is 5.97 Å². The highest BCUT2D eigenvalue weighted by Gasteiger charge is 1.94. The van der Waals surface area contributed by atoms with Crippen LogP contribution in [-0.2, 0) is 28.5 Å². The van der Waals surface area contributed by atoms with Crippen LogP contribution in [0.15, 0.2) is 0 Å². The molecule has 0 radical (unpaired) electrons. The topological polar surface area (TPSA) is 63.2 Å². The van der Waals surface area contributed by atoms with Gasteiger partial charge in [-0.3, -0.25) is 4.79 Å². The highest BCUT2D eigenvalue weighted by atomic mass is 16.6. The summed E-state index contributed by atoms with van der Waals surface area (Å²) in [7, 11) is 0. The van der Waals surface area contributed by atoms with Crippen LogP contribution < -0.4 is 0 Å². The van der Waals surface area contributed by atoms with Crippen molar-refractivity contribution in [2.24, 2.45) is 0 Å². The molecule has 0 unspecified atom stereocenters. The molecule has 2 fully saturated rings. The molecule has 2 aliphatic heterocycles. The van der Waals surface area contributed by atoms with Crippen molar-refractivity contribution in [3.63, 3.8) is 0 Å². The predicted molar refractivity (Wildman–Crippen MR) is 65.6 cm³/mol. The van der Waals surface area contributed by atoms with Crippen molar-refractivity contribution in [3.05, 3.63) is 0 Å². The Labute approximate surface area is 108 Å². The molecule has 2 heterocycles. The molecule has 6 nitrogen and oxygen atoms in total. The van der Waals surface area contributed by atoms with Crippen LogP contribution in [-0.4, -0.2) is 65.4 Å². The van der Waals surface area contributed by atoms with Gasteiger partial charge >= 0.3 is 5.97 Å². The summed E-state index contributed by atoms with van der Waals surface area (Å²) in [5.74, 6) is -0.211. The van der Waals surface area contributed by atoms with Crippen LogP contribution in [0.1, 0.15) is 13.8 Å². The Bertz CT molecular complexity index is 142. The smallest absolute Gasteiger partial charge is 0.302 e. The Balaban J connectivity index is 0.000000241. The lowest BCUT2D eigenvalue weighted by atomic mass is 10.6. The van der Waals surface area contributed by atoms with Crippen LogP contribution in [0.3, 0.4) is 0 Å². The summed E-state index contributed by atoms with van der Waals surface area (Å²) in [6, 6.07) is 0. The maximum atomic E-state index is 9.82. The molecule has 18 heavy (non-hydrogen) atoms. The van der Waals surface area contributed by atoms with Crippen LogP contribution in [0, 0.1) is 0 Å². The summed E-state index contributed by atoms with van der Waals surface area (Å²) in [5, 5.41) is 0. The lowest BCUT2D eigenvalue weighted by Gasteiger charge is -2.09. The van der Waals surface area contributed by atoms with Gasteiger partial charge in [-0.05, 0) is 6.92 Å². The second-order valence-electron chi connectivity index (χ2n) is 3.37. The monoisotopic (exact) mass is 264 g/mol. The third kappa shape index (κ3) is 15.3. The number of hydrogen-bond donors (Lipinski definition) is 0. The van der Waals surface area contributed by atoms with E-state index in [4.69, 9.17) is 18.9 Å². The van der Waals surface area contributed by atoms with Crippen molar-refractivity contribution in [1.29, 1.82) is 0 Å². The van der Waals surface area contributed by atoms with Crippen molar-refractivity contribution in [2.75, 3.05) is 59.5 Å². The molecule has 0 aromatic carbocycles. The van der Waals surface area contributed by atoms with E-state index in [2.05, 4.69) is 4.74 Å². The van der Waals surface area contributed by atoms with E-state index >= 15 is 0 Å². The minimum Gasteiger partial charge on any atom is -0.466 e. The van der Waals surface area contributed by atoms with E-state index in [1.54, 1.807) is 6.92 Å². The summed E-state index contributed by atoms with van der Waals surface area (Å²) in [5.41, 5.74) is 0. The minimum atomic E-state index is -0.211. The fourth-order valence-corrected chi connectivity index (χ4v) is 1.08. The van der Waals surface area contributed by atoms with Crippen LogP contribution >= 0.6 is 0 Å². The van der Waals surface area contributed by atoms with Gasteiger partial charge in [0.1, 0.15) is 0 Å². The van der Waals surface area contributed by atoms with E-state index < -0.39 is 0 Å². The first-order chi connectivity index (χ1) is 8.77. The molecule has 0 saturated carbocycles. The average molecular weight is 264 g/mol. The highest BCUT2D eigenvalue weighted by molar-refractivity contribution is 5.65. The molecular weight excluding hydrogens is 240 g/mol. The number of carbonyl (C=O) groups excluding carboxylic acids is 1. The number of hydrogen-bond acceptors (Lipinski definition) is 6. The summed E-state index contributed by atoms with van der Waals surface area (Å²) < 4.78 is 24.2. The Morgan fingerprint density at radius 3 is 1.17 bits per heavy atom. The highest BCUT2D eigenvalue weighted by Crippen LogP contribution is 1.85. The Morgan fingerprint density at radius 1 is 0.833 bits per heavy atom. The lowest BCUT2D eigenvalue weighted by Crippen LogP contribution is -2.16. The van der Waals surface area contributed by atoms with Crippen molar-refractivity contribution < 1.29 is 28.5 Å². The molecule has 2 rings (SSSR count). The lowest BCUT2D eigenvalue weighted by molar-refractivity contribution is -0.140. The molecular formula is C12H24O6. The van der Waals surface area contributed by atoms with Crippen molar-refractivity contribution >= 4 is 5.97 Å². The number of rotatable bonds is 1. The number of esters is 1. The zero-order chi connectivity index (χ0) is 13.5. The van der Waals surface area contributed by atoms with Gasteiger partial charge in [0.25, 0.3) is 0 Å². The summed E-state index contributed by atoms with van der Waals surface area (Å²) in [6.07, 6.45) is 0. The molecule has 0 spiro atoms. The fraction of sp³-hybridized carbons (Fsp3) is 0.917. The largest absolute Gasteiger partial charge is 0.466 e. The zero-order valence-electron chi connectivity index (χ0n) is 11.3. The first-order valence-corrected chi connectivity index (χ1v) is 6.21. The maximum absolute atomic E-state index is 9.82. The van der Waals surface area contributed by atoms with Crippen LogP contribution in [0.5, 0.6) is 0 Å². The van der Waals surface area contributed by atoms with E-state index in [1.807, 2.05) is 0 Å². The average Bonchev–Trinajstić information content (AvgIpc) is 2.44. The molecule has 0 atom stereocenters. The molecule has 2 aliphatic rings. The van der Waals surface area contributed by atoms with E-state index in [0.29, 0.717) is 6.61 Å². The van der Waals surface area contributed by atoms with Gasteiger partial charge in [0.2, 0.25) is 0 Å². The Kier molecular flexibility index (Phi) is 13.8. The fourth-order valence-electron chi connectivity index (χ4n) is 1.08. The Morgan fingerprint density at radius 2 is 1.11 bits per heavy atom. The van der Waals surface area contributed by atoms with Crippen molar-refractivity contribution in [1.82, 2.24) is 0 Å². The molecule has 0 N–H and O–H groups in total. The molecule has 108 valence electrons. The van der Waals surface area contributed by atoms with Gasteiger partial charge in [-0.1, -0.05) is 0 Å². The SMILES string of the molecule is C1COCCO1.C1COCCO1.CCOC(C)=O. The van der Waals surface area contributed by atoms with Gasteiger partial charge in [-0.2, -0.15) is 0 Å². The third-order valence-corrected chi connectivity index (χ3v) is 1.84. The Hall–Kier alpha value is -0.690. The van der Waals surface area contributed by atoms with Gasteiger partial charge in [-0.15, -0.1) is 0 Å². The quantitative estimate of drug-likeness (QED) is 0.648. The minimum absolute atomic E-state index is 0.211. The normalized spacial score (nSPS) is 18.6. The summed E-state index contributed by atoms with van der Waals surface area (Å²) in [4.78, 5) is 9.82. The van der Waals surface area contributed by atoms with Crippen molar-refractivity contribution in [2.45, 2.75) is 13.8 Å². The molecule has 0 bridgehead atoms. The third-order valence-electron chi connectivity index (χ3n) is 1.84.